The van der Waals surface area contributed by atoms with E-state index in [2.05, 4.69) is 65.8 Å². The predicted molar refractivity (Wildman–Crippen MR) is 116 cm³/mol. The highest BCUT2D eigenvalue weighted by atomic mass is 32.1. The van der Waals surface area contributed by atoms with Crippen molar-refractivity contribution in [2.24, 2.45) is 0 Å². The summed E-state index contributed by atoms with van der Waals surface area (Å²) in [4.78, 5) is 3.72. The molecule has 4 heteroatoms. The second-order valence-corrected chi connectivity index (χ2v) is 7.87. The number of unbranched alkanes of at least 4 members (excludes halogenated alkanes) is 1. The first-order valence-corrected chi connectivity index (χ1v) is 11.0. The Morgan fingerprint density at radius 1 is 1.15 bits per heavy atom. The first-order valence-electron chi connectivity index (χ1n) is 10.1. The zero-order valence-corrected chi connectivity index (χ0v) is 17.1. The second-order valence-electron chi connectivity index (χ2n) is 6.89. The molecule has 0 bridgehead atoms. The lowest BCUT2D eigenvalue weighted by molar-refractivity contribution is -0.162. The molecule has 0 amide bonds. The standard InChI is InChI=1S/C23H31NO2S/c1-2-24(16-4-6-18-26-23-9-3-5-17-25-23)21-13-10-20(11-14-21)12-15-22-8-7-19-27-22/h7-8,10-15,19,23H,2-6,9,16-18H2,1H3. The van der Waals surface area contributed by atoms with Gasteiger partial charge in [0.25, 0.3) is 0 Å². The molecule has 0 spiro atoms. The number of rotatable bonds is 10. The summed E-state index contributed by atoms with van der Waals surface area (Å²) in [5.74, 6) is 0. The zero-order chi connectivity index (χ0) is 18.7. The number of hydrogen-bond donors (Lipinski definition) is 0. The quantitative estimate of drug-likeness (QED) is 0.463. The molecule has 3 rings (SSSR count). The molecule has 1 aromatic carbocycles. The molecule has 1 aliphatic heterocycles. The number of ether oxygens (including phenoxy) is 2. The van der Waals surface area contributed by atoms with E-state index in [1.54, 1.807) is 11.3 Å². The minimum atomic E-state index is 0.0378. The Bertz CT molecular complexity index is 660. The average molecular weight is 386 g/mol. The van der Waals surface area contributed by atoms with E-state index in [1.807, 2.05) is 0 Å². The van der Waals surface area contributed by atoms with Crippen molar-refractivity contribution in [3.05, 3.63) is 52.2 Å². The van der Waals surface area contributed by atoms with E-state index < -0.39 is 0 Å². The third-order valence-electron chi connectivity index (χ3n) is 4.89. The molecule has 1 unspecified atom stereocenters. The van der Waals surface area contributed by atoms with Crippen LogP contribution in [0.2, 0.25) is 0 Å². The lowest BCUT2D eigenvalue weighted by Gasteiger charge is -2.24. The van der Waals surface area contributed by atoms with Crippen LogP contribution >= 0.6 is 11.3 Å². The van der Waals surface area contributed by atoms with Crippen LogP contribution in [-0.2, 0) is 9.47 Å². The van der Waals surface area contributed by atoms with Gasteiger partial charge in [-0.3, -0.25) is 0 Å². The molecule has 0 N–H and O–H groups in total. The summed E-state index contributed by atoms with van der Waals surface area (Å²) in [7, 11) is 0. The molecule has 0 saturated carbocycles. The molecule has 146 valence electrons. The van der Waals surface area contributed by atoms with E-state index in [9.17, 15) is 0 Å². The maximum Gasteiger partial charge on any atom is 0.157 e. The summed E-state index contributed by atoms with van der Waals surface area (Å²) in [6, 6.07) is 13.1. The summed E-state index contributed by atoms with van der Waals surface area (Å²) in [6.07, 6.45) is 10.1. The molecule has 2 heterocycles. The van der Waals surface area contributed by atoms with Gasteiger partial charge in [0, 0.05) is 36.9 Å². The van der Waals surface area contributed by atoms with Crippen LogP contribution in [0.15, 0.2) is 41.8 Å². The molecule has 1 saturated heterocycles. The largest absolute Gasteiger partial charge is 0.372 e. The molecule has 1 fully saturated rings. The molecule has 27 heavy (non-hydrogen) atoms. The van der Waals surface area contributed by atoms with Crippen LogP contribution in [0, 0.1) is 0 Å². The van der Waals surface area contributed by atoms with Crippen LogP contribution in [-0.4, -0.2) is 32.6 Å². The van der Waals surface area contributed by atoms with Gasteiger partial charge in [-0.1, -0.05) is 24.3 Å². The second kappa shape index (κ2) is 11.3. The first kappa shape index (κ1) is 20.1. The summed E-state index contributed by atoms with van der Waals surface area (Å²) >= 11 is 1.76. The van der Waals surface area contributed by atoms with Gasteiger partial charge in [-0.05, 0) is 74.2 Å². The van der Waals surface area contributed by atoms with Crippen LogP contribution in [0.3, 0.4) is 0 Å². The Morgan fingerprint density at radius 2 is 2.04 bits per heavy atom. The van der Waals surface area contributed by atoms with Crippen LogP contribution < -0.4 is 4.90 Å². The van der Waals surface area contributed by atoms with Crippen LogP contribution in [0.4, 0.5) is 5.69 Å². The summed E-state index contributed by atoms with van der Waals surface area (Å²) in [6.45, 7) is 5.96. The van der Waals surface area contributed by atoms with E-state index in [0.717, 1.165) is 45.6 Å². The van der Waals surface area contributed by atoms with Crippen molar-refractivity contribution >= 4 is 29.2 Å². The maximum atomic E-state index is 5.83. The monoisotopic (exact) mass is 385 g/mol. The Morgan fingerprint density at radius 3 is 2.74 bits per heavy atom. The maximum absolute atomic E-state index is 5.83. The van der Waals surface area contributed by atoms with E-state index in [4.69, 9.17) is 9.47 Å². The van der Waals surface area contributed by atoms with Crippen LogP contribution in [0.5, 0.6) is 0 Å². The Labute approximate surface area is 167 Å². The molecule has 0 radical (unpaired) electrons. The van der Waals surface area contributed by atoms with E-state index in [-0.39, 0.29) is 6.29 Å². The van der Waals surface area contributed by atoms with Crippen molar-refractivity contribution in [3.8, 4) is 0 Å². The van der Waals surface area contributed by atoms with Gasteiger partial charge >= 0.3 is 0 Å². The fraction of sp³-hybridized carbons (Fsp3) is 0.478. The lowest BCUT2D eigenvalue weighted by Crippen LogP contribution is -2.25. The SMILES string of the molecule is CCN(CCCCOC1CCCCO1)c1ccc(C=Cc2cccs2)cc1. The molecule has 1 atom stereocenters. The highest BCUT2D eigenvalue weighted by Crippen LogP contribution is 2.19. The van der Waals surface area contributed by atoms with E-state index >= 15 is 0 Å². The van der Waals surface area contributed by atoms with Gasteiger partial charge < -0.3 is 14.4 Å². The van der Waals surface area contributed by atoms with Gasteiger partial charge in [0.05, 0.1) is 0 Å². The topological polar surface area (TPSA) is 21.7 Å². The van der Waals surface area contributed by atoms with Crippen molar-refractivity contribution < 1.29 is 9.47 Å². The van der Waals surface area contributed by atoms with Crippen molar-refractivity contribution in [3.63, 3.8) is 0 Å². The van der Waals surface area contributed by atoms with Gasteiger partial charge in [0.15, 0.2) is 6.29 Å². The van der Waals surface area contributed by atoms with Crippen LogP contribution in [0.1, 0.15) is 49.5 Å². The molecule has 2 aromatic rings. The average Bonchev–Trinajstić information content (AvgIpc) is 3.24. The van der Waals surface area contributed by atoms with Gasteiger partial charge in [0.1, 0.15) is 0 Å². The third-order valence-corrected chi connectivity index (χ3v) is 5.72. The molecule has 1 aliphatic rings. The highest BCUT2D eigenvalue weighted by molar-refractivity contribution is 7.10. The van der Waals surface area contributed by atoms with E-state index in [0.29, 0.717) is 0 Å². The first-order chi connectivity index (χ1) is 13.3. The Balaban J connectivity index is 1.40. The fourth-order valence-electron chi connectivity index (χ4n) is 3.29. The normalized spacial score (nSPS) is 17.4. The number of anilines is 1. The van der Waals surface area contributed by atoms with Crippen molar-refractivity contribution in [2.75, 3.05) is 31.2 Å². The third kappa shape index (κ3) is 6.80. The van der Waals surface area contributed by atoms with Gasteiger partial charge in [-0.15, -0.1) is 11.3 Å². The molecule has 0 aliphatic carbocycles. The van der Waals surface area contributed by atoms with Crippen LogP contribution in [0.25, 0.3) is 12.2 Å². The molecule has 1 aromatic heterocycles. The summed E-state index contributed by atoms with van der Waals surface area (Å²) in [5, 5.41) is 2.11. The predicted octanol–water partition coefficient (Wildman–Crippen LogP) is 6.07. The molecular weight excluding hydrogens is 354 g/mol. The smallest absolute Gasteiger partial charge is 0.157 e. The molecular formula is C23H31NO2S. The highest BCUT2D eigenvalue weighted by Gasteiger charge is 2.13. The number of hydrogen-bond acceptors (Lipinski definition) is 4. The Kier molecular flexibility index (Phi) is 8.40. The van der Waals surface area contributed by atoms with Gasteiger partial charge in [0.2, 0.25) is 0 Å². The van der Waals surface area contributed by atoms with E-state index in [1.165, 1.54) is 29.0 Å². The van der Waals surface area contributed by atoms with Crippen molar-refractivity contribution in [1.29, 1.82) is 0 Å². The number of nitrogens with zero attached hydrogens (tertiary/aromatic N) is 1. The minimum absolute atomic E-state index is 0.0378. The summed E-state index contributed by atoms with van der Waals surface area (Å²) < 4.78 is 11.4. The summed E-state index contributed by atoms with van der Waals surface area (Å²) in [5.41, 5.74) is 2.53. The fourth-order valence-corrected chi connectivity index (χ4v) is 3.91. The number of benzene rings is 1. The van der Waals surface area contributed by atoms with Crippen molar-refractivity contribution in [2.45, 2.75) is 45.3 Å². The van der Waals surface area contributed by atoms with Gasteiger partial charge in [-0.25, -0.2) is 0 Å². The van der Waals surface area contributed by atoms with Gasteiger partial charge in [-0.2, -0.15) is 0 Å². The minimum Gasteiger partial charge on any atom is -0.372 e. The lowest BCUT2D eigenvalue weighted by atomic mass is 10.1. The number of thiophene rings is 1. The Hall–Kier alpha value is -1.62. The molecule has 3 nitrogen and oxygen atoms in total. The zero-order valence-electron chi connectivity index (χ0n) is 16.3. The van der Waals surface area contributed by atoms with Crippen molar-refractivity contribution in [1.82, 2.24) is 0 Å².